The van der Waals surface area contributed by atoms with Gasteiger partial charge in [-0.15, -0.1) is 11.3 Å². The number of nitrogens with zero attached hydrogens (tertiary/aromatic N) is 2. The van der Waals surface area contributed by atoms with Crippen LogP contribution in [0.4, 0.5) is 0 Å². The van der Waals surface area contributed by atoms with Crippen molar-refractivity contribution >= 4 is 40.3 Å². The van der Waals surface area contributed by atoms with Crippen LogP contribution in [0.25, 0.3) is 0 Å². The Labute approximate surface area is 172 Å². The average Bonchev–Trinajstić information content (AvgIpc) is 3.26. The van der Waals surface area contributed by atoms with E-state index >= 15 is 0 Å². The van der Waals surface area contributed by atoms with E-state index in [0.717, 1.165) is 31.3 Å². The Morgan fingerprint density at radius 3 is 2.63 bits per heavy atom. The first kappa shape index (κ1) is 18.2. The smallest absolute Gasteiger partial charge is 0.170 e. The summed E-state index contributed by atoms with van der Waals surface area (Å²) >= 11 is 13.5. The van der Waals surface area contributed by atoms with Crippen LogP contribution in [0.5, 0.6) is 5.75 Å². The molecule has 4 nitrogen and oxygen atoms in total. The van der Waals surface area contributed by atoms with Gasteiger partial charge >= 0.3 is 0 Å². The van der Waals surface area contributed by atoms with Crippen LogP contribution in [-0.2, 0) is 6.54 Å². The SMILES string of the molecule is COc1ccc(CN2C(=S)N[C@@H](c3ccccn3)[C@H]2c2ccc(Cl)s2)cc1. The summed E-state index contributed by atoms with van der Waals surface area (Å²) in [7, 11) is 1.67. The van der Waals surface area contributed by atoms with Gasteiger partial charge in [-0.3, -0.25) is 4.98 Å². The Balaban J connectivity index is 1.68. The molecule has 1 saturated heterocycles. The number of rotatable bonds is 5. The Kier molecular flexibility index (Phi) is 5.29. The lowest BCUT2D eigenvalue weighted by atomic mass is 10.0. The highest BCUT2D eigenvalue weighted by Gasteiger charge is 2.40. The number of hydrogen-bond acceptors (Lipinski definition) is 4. The third-order valence-corrected chi connectivity index (χ3v) is 6.25. The van der Waals surface area contributed by atoms with Crippen molar-refractivity contribution < 1.29 is 4.74 Å². The summed E-state index contributed by atoms with van der Waals surface area (Å²) in [5.74, 6) is 0.842. The summed E-state index contributed by atoms with van der Waals surface area (Å²) in [4.78, 5) is 7.92. The molecule has 1 aliphatic rings. The first-order valence-corrected chi connectivity index (χ1v) is 10.1. The van der Waals surface area contributed by atoms with Gasteiger partial charge in [0.15, 0.2) is 5.11 Å². The number of halogens is 1. The molecular formula is C20H18ClN3OS2. The Morgan fingerprint density at radius 2 is 2.00 bits per heavy atom. The van der Waals surface area contributed by atoms with E-state index in [-0.39, 0.29) is 12.1 Å². The van der Waals surface area contributed by atoms with Gasteiger partial charge < -0.3 is 15.0 Å². The van der Waals surface area contributed by atoms with E-state index in [0.29, 0.717) is 6.54 Å². The molecule has 4 rings (SSSR count). The van der Waals surface area contributed by atoms with E-state index in [1.54, 1.807) is 18.4 Å². The van der Waals surface area contributed by atoms with Gasteiger partial charge in [0.1, 0.15) is 5.75 Å². The maximum atomic E-state index is 6.23. The average molecular weight is 416 g/mol. The number of thiophene rings is 1. The van der Waals surface area contributed by atoms with Gasteiger partial charge in [0.25, 0.3) is 0 Å². The highest BCUT2D eigenvalue weighted by Crippen LogP contribution is 2.42. The van der Waals surface area contributed by atoms with Crippen molar-refractivity contribution in [2.24, 2.45) is 0 Å². The predicted molar refractivity (Wildman–Crippen MR) is 113 cm³/mol. The second kappa shape index (κ2) is 7.84. The summed E-state index contributed by atoms with van der Waals surface area (Å²) < 4.78 is 6.03. The number of benzene rings is 1. The Morgan fingerprint density at radius 1 is 1.19 bits per heavy atom. The predicted octanol–water partition coefficient (Wildman–Crippen LogP) is 4.98. The molecule has 138 valence electrons. The minimum absolute atomic E-state index is 0.0216. The van der Waals surface area contributed by atoms with Crippen molar-refractivity contribution in [1.29, 1.82) is 0 Å². The van der Waals surface area contributed by atoms with Crippen LogP contribution in [0.3, 0.4) is 0 Å². The zero-order valence-electron chi connectivity index (χ0n) is 14.6. The van der Waals surface area contributed by atoms with Crippen LogP contribution < -0.4 is 10.1 Å². The molecule has 0 spiro atoms. The maximum absolute atomic E-state index is 6.23. The van der Waals surface area contributed by atoms with E-state index in [1.807, 2.05) is 42.6 Å². The number of aromatic nitrogens is 1. The zero-order chi connectivity index (χ0) is 18.8. The van der Waals surface area contributed by atoms with Gasteiger partial charge in [-0.05, 0) is 54.2 Å². The first-order chi connectivity index (χ1) is 13.2. The number of thiocarbonyl (C=S) groups is 1. The monoisotopic (exact) mass is 415 g/mol. The van der Waals surface area contributed by atoms with E-state index in [9.17, 15) is 0 Å². The fraction of sp³-hybridized carbons (Fsp3) is 0.200. The van der Waals surface area contributed by atoms with Gasteiger partial charge in [0, 0.05) is 17.6 Å². The van der Waals surface area contributed by atoms with E-state index in [1.165, 1.54) is 0 Å². The lowest BCUT2D eigenvalue weighted by Gasteiger charge is -2.27. The number of methoxy groups -OCH3 is 1. The first-order valence-electron chi connectivity index (χ1n) is 8.52. The molecule has 27 heavy (non-hydrogen) atoms. The van der Waals surface area contributed by atoms with E-state index in [2.05, 4.69) is 33.4 Å². The molecule has 2 aromatic heterocycles. The molecule has 3 heterocycles. The Hall–Kier alpha value is -2.15. The third kappa shape index (κ3) is 3.78. The van der Waals surface area contributed by atoms with Crippen molar-refractivity contribution in [1.82, 2.24) is 15.2 Å². The molecular weight excluding hydrogens is 398 g/mol. The highest BCUT2D eigenvalue weighted by molar-refractivity contribution is 7.80. The van der Waals surface area contributed by atoms with Crippen molar-refractivity contribution in [3.05, 3.63) is 81.3 Å². The van der Waals surface area contributed by atoms with E-state index < -0.39 is 0 Å². The summed E-state index contributed by atoms with van der Waals surface area (Å²) in [5, 5.41) is 4.17. The molecule has 7 heteroatoms. The molecule has 1 N–H and O–H groups in total. The quantitative estimate of drug-likeness (QED) is 0.595. The number of pyridine rings is 1. The lowest BCUT2D eigenvalue weighted by molar-refractivity contribution is 0.315. The summed E-state index contributed by atoms with van der Waals surface area (Å²) in [6.07, 6.45) is 1.81. The largest absolute Gasteiger partial charge is 0.497 e. The van der Waals surface area contributed by atoms with Crippen LogP contribution in [-0.4, -0.2) is 22.1 Å². The van der Waals surface area contributed by atoms with E-state index in [4.69, 9.17) is 28.6 Å². The zero-order valence-corrected chi connectivity index (χ0v) is 17.0. The molecule has 0 unspecified atom stereocenters. The minimum atomic E-state index is -0.0216. The molecule has 1 aliphatic heterocycles. The summed E-state index contributed by atoms with van der Waals surface area (Å²) in [5.41, 5.74) is 2.13. The van der Waals surface area contributed by atoms with Crippen molar-refractivity contribution in [3.63, 3.8) is 0 Å². The van der Waals surface area contributed by atoms with Crippen molar-refractivity contribution in [3.8, 4) is 5.75 Å². The summed E-state index contributed by atoms with van der Waals surface area (Å²) in [6, 6.07) is 18.0. The lowest BCUT2D eigenvalue weighted by Crippen LogP contribution is -2.28. The molecule has 0 radical (unpaired) electrons. The van der Waals surface area contributed by atoms with Gasteiger partial charge in [0.05, 0.1) is 29.2 Å². The molecule has 0 aliphatic carbocycles. The fourth-order valence-corrected chi connectivity index (χ4v) is 4.82. The van der Waals surface area contributed by atoms with Gasteiger partial charge in [-0.25, -0.2) is 0 Å². The Bertz CT molecular complexity index is 930. The van der Waals surface area contributed by atoms with Gasteiger partial charge in [-0.1, -0.05) is 29.8 Å². The molecule has 0 saturated carbocycles. The second-order valence-electron chi connectivity index (χ2n) is 6.24. The molecule has 2 atom stereocenters. The minimum Gasteiger partial charge on any atom is -0.497 e. The normalized spacial score (nSPS) is 19.2. The molecule has 0 bridgehead atoms. The fourth-order valence-electron chi connectivity index (χ4n) is 3.30. The molecule has 0 amide bonds. The molecule has 1 fully saturated rings. The number of hydrogen-bond donors (Lipinski definition) is 1. The van der Waals surface area contributed by atoms with Crippen LogP contribution in [0, 0.1) is 0 Å². The maximum Gasteiger partial charge on any atom is 0.170 e. The second-order valence-corrected chi connectivity index (χ2v) is 8.38. The number of nitrogens with one attached hydrogen (secondary N) is 1. The topological polar surface area (TPSA) is 37.4 Å². The van der Waals surface area contributed by atoms with Gasteiger partial charge in [-0.2, -0.15) is 0 Å². The number of ether oxygens (including phenoxy) is 1. The highest BCUT2D eigenvalue weighted by atomic mass is 35.5. The molecule has 3 aromatic rings. The van der Waals surface area contributed by atoms with Crippen LogP contribution >= 0.6 is 35.2 Å². The van der Waals surface area contributed by atoms with Crippen LogP contribution in [0.1, 0.15) is 28.2 Å². The van der Waals surface area contributed by atoms with Crippen LogP contribution in [0.15, 0.2) is 60.8 Å². The standard InChI is InChI=1S/C20H18ClN3OS2/c1-25-14-7-5-13(6-8-14)12-24-19(16-9-10-17(21)27-16)18(23-20(24)26)15-4-2-3-11-22-15/h2-11,18-19H,12H2,1H3,(H,23,26)/t18-,19+/m0/s1. The van der Waals surface area contributed by atoms with Crippen molar-refractivity contribution in [2.45, 2.75) is 18.6 Å². The van der Waals surface area contributed by atoms with Crippen molar-refractivity contribution in [2.75, 3.05) is 7.11 Å². The summed E-state index contributed by atoms with van der Waals surface area (Å²) in [6.45, 7) is 0.694. The van der Waals surface area contributed by atoms with Crippen LogP contribution in [0.2, 0.25) is 4.34 Å². The molecule has 1 aromatic carbocycles. The van der Waals surface area contributed by atoms with Gasteiger partial charge in [0.2, 0.25) is 0 Å². The third-order valence-electron chi connectivity index (χ3n) is 4.60.